The molecular formula is C11H14N4O3. The van der Waals surface area contributed by atoms with Crippen LogP contribution in [-0.2, 0) is 11.8 Å². The van der Waals surface area contributed by atoms with Crippen molar-refractivity contribution in [2.75, 3.05) is 6.61 Å². The highest BCUT2D eigenvalue weighted by Gasteiger charge is 2.18. The molecule has 18 heavy (non-hydrogen) atoms. The zero-order valence-corrected chi connectivity index (χ0v) is 10.0. The summed E-state index contributed by atoms with van der Waals surface area (Å²) in [6.07, 6.45) is 4.56. The van der Waals surface area contributed by atoms with Gasteiger partial charge in [0.2, 0.25) is 0 Å². The van der Waals surface area contributed by atoms with Gasteiger partial charge in [-0.05, 0) is 19.3 Å². The minimum absolute atomic E-state index is 0.138. The van der Waals surface area contributed by atoms with Crippen molar-refractivity contribution < 1.29 is 4.74 Å². The van der Waals surface area contributed by atoms with Crippen molar-refractivity contribution in [1.82, 2.24) is 19.3 Å². The van der Waals surface area contributed by atoms with Crippen LogP contribution in [0.3, 0.4) is 0 Å². The van der Waals surface area contributed by atoms with Crippen molar-refractivity contribution in [3.8, 4) is 0 Å². The molecule has 3 rings (SSSR count). The fourth-order valence-electron chi connectivity index (χ4n) is 2.22. The molecule has 1 aliphatic rings. The number of aryl methyl sites for hydroxylation is 1. The van der Waals surface area contributed by atoms with Crippen molar-refractivity contribution in [3.05, 3.63) is 27.0 Å². The fourth-order valence-corrected chi connectivity index (χ4v) is 2.22. The summed E-state index contributed by atoms with van der Waals surface area (Å²) >= 11 is 0. The Kier molecular flexibility index (Phi) is 2.55. The zero-order valence-electron chi connectivity index (χ0n) is 10.0. The van der Waals surface area contributed by atoms with Crippen molar-refractivity contribution in [1.29, 1.82) is 0 Å². The normalized spacial score (nSPS) is 20.4. The number of ether oxygens (including phenoxy) is 1. The van der Waals surface area contributed by atoms with E-state index >= 15 is 0 Å². The Morgan fingerprint density at radius 1 is 1.44 bits per heavy atom. The number of aromatic amines is 1. The van der Waals surface area contributed by atoms with E-state index in [1.807, 2.05) is 0 Å². The van der Waals surface area contributed by atoms with E-state index in [0.29, 0.717) is 12.1 Å². The van der Waals surface area contributed by atoms with E-state index in [0.717, 1.165) is 19.3 Å². The summed E-state index contributed by atoms with van der Waals surface area (Å²) in [6.45, 7) is 0.705. The van der Waals surface area contributed by atoms with Crippen molar-refractivity contribution in [3.63, 3.8) is 0 Å². The van der Waals surface area contributed by atoms with Gasteiger partial charge in [-0.3, -0.25) is 14.3 Å². The highest BCUT2D eigenvalue weighted by molar-refractivity contribution is 5.72. The number of hydrogen-bond acceptors (Lipinski definition) is 4. The van der Waals surface area contributed by atoms with E-state index in [1.165, 1.54) is 4.57 Å². The third-order valence-corrected chi connectivity index (χ3v) is 3.26. The second-order valence-electron chi connectivity index (χ2n) is 4.48. The molecule has 2 aromatic heterocycles. The van der Waals surface area contributed by atoms with Crippen LogP contribution in [0.1, 0.15) is 25.5 Å². The van der Waals surface area contributed by atoms with Crippen LogP contribution in [0.25, 0.3) is 11.0 Å². The molecule has 0 amide bonds. The molecule has 0 radical (unpaired) electrons. The minimum atomic E-state index is -0.456. The van der Waals surface area contributed by atoms with Gasteiger partial charge in [0.25, 0.3) is 5.56 Å². The number of nitrogens with one attached hydrogen (secondary N) is 1. The van der Waals surface area contributed by atoms with Crippen LogP contribution in [0.4, 0.5) is 0 Å². The predicted molar refractivity (Wildman–Crippen MR) is 64.4 cm³/mol. The van der Waals surface area contributed by atoms with E-state index < -0.39 is 11.2 Å². The summed E-state index contributed by atoms with van der Waals surface area (Å²) in [6, 6.07) is 0. The molecule has 0 aromatic carbocycles. The molecule has 1 atom stereocenters. The average Bonchev–Trinajstić information content (AvgIpc) is 2.83. The molecule has 96 valence electrons. The average molecular weight is 250 g/mol. The first kappa shape index (κ1) is 11.2. The predicted octanol–water partition coefficient (Wildman–Crippen LogP) is 0.122. The Hall–Kier alpha value is -1.89. The van der Waals surface area contributed by atoms with Crippen molar-refractivity contribution >= 4 is 11.0 Å². The summed E-state index contributed by atoms with van der Waals surface area (Å²) in [7, 11) is 1.61. The first-order valence-electron chi connectivity index (χ1n) is 5.96. The quantitative estimate of drug-likeness (QED) is 0.779. The molecule has 0 spiro atoms. The lowest BCUT2D eigenvalue weighted by Crippen LogP contribution is -2.27. The van der Waals surface area contributed by atoms with Gasteiger partial charge < -0.3 is 4.74 Å². The molecule has 1 N–H and O–H groups in total. The SMILES string of the molecule is Cn1c(=O)[nH]c(=O)c2nn(C3CCCCO3)cc21. The number of rotatable bonds is 1. The molecule has 0 bridgehead atoms. The van der Waals surface area contributed by atoms with Gasteiger partial charge in [0.15, 0.2) is 5.52 Å². The van der Waals surface area contributed by atoms with Gasteiger partial charge in [-0.1, -0.05) is 0 Å². The molecule has 1 unspecified atom stereocenters. The summed E-state index contributed by atoms with van der Waals surface area (Å²) in [5.74, 6) is 0. The second kappa shape index (κ2) is 4.09. The van der Waals surface area contributed by atoms with Crippen LogP contribution in [0.5, 0.6) is 0 Å². The smallest absolute Gasteiger partial charge is 0.328 e. The maximum absolute atomic E-state index is 11.7. The molecule has 7 heteroatoms. The Morgan fingerprint density at radius 2 is 2.28 bits per heavy atom. The molecule has 3 heterocycles. The standard InChI is InChI=1S/C11H14N4O3/c1-14-7-6-15(8-4-2-3-5-18-8)13-9(7)10(16)12-11(14)17/h6,8H,2-5H2,1H3,(H,12,16,17). The summed E-state index contributed by atoms with van der Waals surface area (Å²) in [5.41, 5.74) is -0.0940. The van der Waals surface area contributed by atoms with Crippen LogP contribution in [0, 0.1) is 0 Å². The van der Waals surface area contributed by atoms with Crippen LogP contribution in [-0.4, -0.2) is 25.9 Å². The maximum atomic E-state index is 11.7. The Morgan fingerprint density at radius 3 is 3.00 bits per heavy atom. The summed E-state index contributed by atoms with van der Waals surface area (Å²) in [4.78, 5) is 25.4. The topological polar surface area (TPSA) is 81.9 Å². The van der Waals surface area contributed by atoms with Crippen LogP contribution >= 0.6 is 0 Å². The molecular weight excluding hydrogens is 236 g/mol. The van der Waals surface area contributed by atoms with E-state index in [-0.39, 0.29) is 11.7 Å². The highest BCUT2D eigenvalue weighted by Crippen LogP contribution is 2.22. The van der Waals surface area contributed by atoms with Gasteiger partial charge >= 0.3 is 5.69 Å². The Balaban J connectivity index is 2.16. The molecule has 1 aliphatic heterocycles. The molecule has 1 saturated heterocycles. The summed E-state index contributed by atoms with van der Waals surface area (Å²) < 4.78 is 8.62. The second-order valence-corrected chi connectivity index (χ2v) is 4.48. The van der Waals surface area contributed by atoms with E-state index in [9.17, 15) is 9.59 Å². The maximum Gasteiger partial charge on any atom is 0.328 e. The molecule has 1 fully saturated rings. The first-order chi connectivity index (χ1) is 8.66. The first-order valence-corrected chi connectivity index (χ1v) is 5.96. The van der Waals surface area contributed by atoms with Gasteiger partial charge in [0.05, 0.1) is 11.7 Å². The number of hydrogen-bond donors (Lipinski definition) is 1. The minimum Gasteiger partial charge on any atom is -0.357 e. The molecule has 0 aliphatic carbocycles. The van der Waals surface area contributed by atoms with Gasteiger partial charge in [0.1, 0.15) is 6.23 Å². The fraction of sp³-hybridized carbons (Fsp3) is 0.545. The molecule has 0 saturated carbocycles. The molecule has 2 aromatic rings. The van der Waals surface area contributed by atoms with Gasteiger partial charge in [-0.25, -0.2) is 9.48 Å². The molecule has 7 nitrogen and oxygen atoms in total. The van der Waals surface area contributed by atoms with Gasteiger partial charge in [-0.2, -0.15) is 5.10 Å². The van der Waals surface area contributed by atoms with Gasteiger partial charge in [0, 0.05) is 13.7 Å². The van der Waals surface area contributed by atoms with Gasteiger partial charge in [-0.15, -0.1) is 0 Å². The third kappa shape index (κ3) is 1.67. The van der Waals surface area contributed by atoms with Crippen LogP contribution in [0.15, 0.2) is 15.8 Å². The zero-order chi connectivity index (χ0) is 12.7. The number of H-pyrrole nitrogens is 1. The van der Waals surface area contributed by atoms with Crippen molar-refractivity contribution in [2.24, 2.45) is 7.05 Å². The monoisotopic (exact) mass is 250 g/mol. The van der Waals surface area contributed by atoms with Crippen LogP contribution in [0.2, 0.25) is 0 Å². The Labute approximate surface area is 102 Å². The lowest BCUT2D eigenvalue weighted by Gasteiger charge is -2.22. The van der Waals surface area contributed by atoms with E-state index in [4.69, 9.17) is 4.74 Å². The van der Waals surface area contributed by atoms with E-state index in [2.05, 4.69) is 10.1 Å². The largest absolute Gasteiger partial charge is 0.357 e. The Bertz CT molecular complexity index is 690. The number of nitrogens with zero attached hydrogens (tertiary/aromatic N) is 3. The van der Waals surface area contributed by atoms with E-state index in [1.54, 1.807) is 17.9 Å². The lowest BCUT2D eigenvalue weighted by molar-refractivity contribution is -0.0391. The number of fused-ring (bicyclic) bond motifs is 1. The van der Waals surface area contributed by atoms with Crippen molar-refractivity contribution in [2.45, 2.75) is 25.5 Å². The third-order valence-electron chi connectivity index (χ3n) is 3.26. The highest BCUT2D eigenvalue weighted by atomic mass is 16.5. The number of aromatic nitrogens is 4. The summed E-state index contributed by atoms with van der Waals surface area (Å²) in [5, 5.41) is 4.23. The van der Waals surface area contributed by atoms with Crippen LogP contribution < -0.4 is 11.2 Å². The lowest BCUT2D eigenvalue weighted by atomic mass is 10.2.